The number of unbranched alkanes of at least 4 members (excludes halogenated alkanes) is 1. The van der Waals surface area contributed by atoms with Crippen LogP contribution in [0, 0.1) is 0 Å². The van der Waals surface area contributed by atoms with Crippen LogP contribution in [0.25, 0.3) is 5.52 Å². The van der Waals surface area contributed by atoms with Crippen molar-refractivity contribution in [2.45, 2.75) is 19.8 Å². The molecular formula is C23H30N4O2. The first-order chi connectivity index (χ1) is 14.3. The molecule has 0 atom stereocenters. The fourth-order valence-corrected chi connectivity index (χ4v) is 3.77. The zero-order chi connectivity index (χ0) is 19.9. The van der Waals surface area contributed by atoms with Crippen LogP contribution in [0.5, 0.6) is 11.5 Å². The van der Waals surface area contributed by atoms with Crippen LogP contribution in [-0.4, -0.2) is 60.5 Å². The smallest absolute Gasteiger partial charge is 0.122 e. The van der Waals surface area contributed by atoms with Gasteiger partial charge in [-0.05, 0) is 62.7 Å². The molecule has 154 valence electrons. The summed E-state index contributed by atoms with van der Waals surface area (Å²) in [7, 11) is 0. The normalized spacial score (nSPS) is 15.0. The molecule has 3 aromatic rings. The molecule has 1 fully saturated rings. The molecule has 0 N–H and O–H groups in total. The molecule has 0 aliphatic carbocycles. The predicted molar refractivity (Wildman–Crippen MR) is 116 cm³/mol. The van der Waals surface area contributed by atoms with E-state index in [1.165, 1.54) is 5.69 Å². The van der Waals surface area contributed by atoms with Crippen molar-refractivity contribution in [3.8, 4) is 11.5 Å². The van der Waals surface area contributed by atoms with E-state index in [1.807, 2.05) is 35.8 Å². The van der Waals surface area contributed by atoms with Crippen molar-refractivity contribution < 1.29 is 9.47 Å². The highest BCUT2D eigenvalue weighted by molar-refractivity contribution is 5.50. The molecule has 0 bridgehead atoms. The molecule has 1 aliphatic rings. The highest BCUT2D eigenvalue weighted by Gasteiger charge is 2.16. The molecule has 6 nitrogen and oxygen atoms in total. The Morgan fingerprint density at radius 2 is 1.72 bits per heavy atom. The molecule has 29 heavy (non-hydrogen) atoms. The lowest BCUT2D eigenvalue weighted by molar-refractivity contribution is 0.238. The number of hydrogen-bond acceptors (Lipinski definition) is 5. The summed E-state index contributed by atoms with van der Waals surface area (Å²) >= 11 is 0. The first kappa shape index (κ1) is 19.6. The molecule has 6 heteroatoms. The number of ether oxygens (including phenoxy) is 2. The van der Waals surface area contributed by atoms with Crippen LogP contribution in [0.4, 0.5) is 5.69 Å². The third-order valence-electron chi connectivity index (χ3n) is 5.39. The lowest BCUT2D eigenvalue weighted by atomic mass is 10.2. The lowest BCUT2D eigenvalue weighted by Gasteiger charge is -2.36. The minimum atomic E-state index is 0.711. The Hall–Kier alpha value is -2.73. The summed E-state index contributed by atoms with van der Waals surface area (Å²) in [6.45, 7) is 9.02. The van der Waals surface area contributed by atoms with E-state index in [0.717, 1.165) is 69.2 Å². The maximum atomic E-state index is 5.90. The summed E-state index contributed by atoms with van der Waals surface area (Å²) in [5.41, 5.74) is 2.35. The van der Waals surface area contributed by atoms with Crippen LogP contribution in [0.1, 0.15) is 19.8 Å². The number of fused-ring (bicyclic) bond motifs is 1. The van der Waals surface area contributed by atoms with Crippen LogP contribution in [0.2, 0.25) is 0 Å². The summed E-state index contributed by atoms with van der Waals surface area (Å²) in [5, 5.41) is 4.20. The number of pyridine rings is 1. The van der Waals surface area contributed by atoms with Crippen molar-refractivity contribution in [3.63, 3.8) is 0 Å². The Labute approximate surface area is 172 Å². The molecule has 2 aromatic heterocycles. The minimum absolute atomic E-state index is 0.711. The summed E-state index contributed by atoms with van der Waals surface area (Å²) in [4.78, 5) is 5.02. The van der Waals surface area contributed by atoms with Crippen molar-refractivity contribution in [2.75, 3.05) is 50.8 Å². The van der Waals surface area contributed by atoms with E-state index in [4.69, 9.17) is 9.47 Å². The SMILES string of the molecule is CCOc1ccc(N2CCN(CCCCOc3ccn4nccc4c3)CC2)cc1. The predicted octanol–water partition coefficient (Wildman–Crippen LogP) is 3.71. The van der Waals surface area contributed by atoms with Gasteiger partial charge in [-0.15, -0.1) is 0 Å². The number of anilines is 1. The van der Waals surface area contributed by atoms with Crippen LogP contribution in [0.15, 0.2) is 54.9 Å². The minimum Gasteiger partial charge on any atom is -0.494 e. The van der Waals surface area contributed by atoms with Gasteiger partial charge in [0.15, 0.2) is 0 Å². The zero-order valence-corrected chi connectivity index (χ0v) is 17.2. The van der Waals surface area contributed by atoms with Gasteiger partial charge < -0.3 is 14.4 Å². The van der Waals surface area contributed by atoms with Crippen molar-refractivity contribution in [1.82, 2.24) is 14.5 Å². The Bertz CT molecular complexity index is 885. The van der Waals surface area contributed by atoms with Crippen LogP contribution in [0.3, 0.4) is 0 Å². The first-order valence-corrected chi connectivity index (χ1v) is 10.6. The van der Waals surface area contributed by atoms with Gasteiger partial charge in [0.25, 0.3) is 0 Å². The molecule has 1 aromatic carbocycles. The highest BCUT2D eigenvalue weighted by atomic mass is 16.5. The molecular weight excluding hydrogens is 364 g/mol. The third-order valence-corrected chi connectivity index (χ3v) is 5.39. The van der Waals surface area contributed by atoms with Gasteiger partial charge in [0.2, 0.25) is 0 Å². The van der Waals surface area contributed by atoms with Crippen molar-refractivity contribution in [1.29, 1.82) is 0 Å². The summed E-state index contributed by atoms with van der Waals surface area (Å²) < 4.78 is 13.3. The van der Waals surface area contributed by atoms with Gasteiger partial charge in [-0.3, -0.25) is 4.90 Å². The van der Waals surface area contributed by atoms with Gasteiger partial charge in [-0.25, -0.2) is 4.52 Å². The van der Waals surface area contributed by atoms with Gasteiger partial charge in [0.05, 0.1) is 18.7 Å². The van der Waals surface area contributed by atoms with E-state index in [0.29, 0.717) is 6.61 Å². The lowest BCUT2D eigenvalue weighted by Crippen LogP contribution is -2.46. The van der Waals surface area contributed by atoms with E-state index < -0.39 is 0 Å². The summed E-state index contributed by atoms with van der Waals surface area (Å²) in [5.74, 6) is 1.86. The van der Waals surface area contributed by atoms with E-state index in [-0.39, 0.29) is 0 Å². The molecule has 0 radical (unpaired) electrons. The van der Waals surface area contributed by atoms with E-state index in [2.05, 4.69) is 39.2 Å². The maximum absolute atomic E-state index is 5.90. The number of benzene rings is 1. The van der Waals surface area contributed by atoms with Crippen LogP contribution in [-0.2, 0) is 0 Å². The molecule has 0 saturated carbocycles. The molecule has 4 rings (SSSR count). The number of nitrogens with zero attached hydrogens (tertiary/aromatic N) is 4. The Balaban J connectivity index is 1.13. The van der Waals surface area contributed by atoms with E-state index in [1.54, 1.807) is 6.20 Å². The molecule has 1 saturated heterocycles. The second kappa shape index (κ2) is 9.65. The molecule has 3 heterocycles. The largest absolute Gasteiger partial charge is 0.494 e. The monoisotopic (exact) mass is 394 g/mol. The van der Waals surface area contributed by atoms with E-state index >= 15 is 0 Å². The quantitative estimate of drug-likeness (QED) is 0.518. The van der Waals surface area contributed by atoms with Crippen molar-refractivity contribution in [2.24, 2.45) is 0 Å². The number of hydrogen-bond donors (Lipinski definition) is 0. The van der Waals surface area contributed by atoms with Gasteiger partial charge in [0, 0.05) is 50.3 Å². The summed E-state index contributed by atoms with van der Waals surface area (Å²) in [6.07, 6.45) is 5.98. The highest BCUT2D eigenvalue weighted by Crippen LogP contribution is 2.21. The van der Waals surface area contributed by atoms with Gasteiger partial charge in [-0.1, -0.05) is 0 Å². The third kappa shape index (κ3) is 5.21. The number of piperazine rings is 1. The number of aromatic nitrogens is 2. The van der Waals surface area contributed by atoms with Crippen molar-refractivity contribution in [3.05, 3.63) is 54.9 Å². The van der Waals surface area contributed by atoms with Gasteiger partial charge >= 0.3 is 0 Å². The fraction of sp³-hybridized carbons (Fsp3) is 0.435. The average molecular weight is 395 g/mol. The average Bonchev–Trinajstić information content (AvgIpc) is 3.23. The van der Waals surface area contributed by atoms with Gasteiger partial charge in [-0.2, -0.15) is 5.10 Å². The first-order valence-electron chi connectivity index (χ1n) is 10.6. The van der Waals surface area contributed by atoms with Crippen LogP contribution < -0.4 is 14.4 Å². The molecule has 0 unspecified atom stereocenters. The van der Waals surface area contributed by atoms with E-state index in [9.17, 15) is 0 Å². The Morgan fingerprint density at radius 3 is 2.52 bits per heavy atom. The summed E-state index contributed by atoms with van der Waals surface area (Å²) in [6, 6.07) is 14.5. The topological polar surface area (TPSA) is 42.2 Å². The standard InChI is InChI=1S/C23H30N4O2/c1-2-28-22-7-5-20(6-8-22)26-16-14-25(15-17-26)12-3-4-18-29-23-10-13-27-21(19-23)9-11-24-27/h5-11,13,19H,2-4,12,14-18H2,1H3. The second-order valence-electron chi connectivity index (χ2n) is 7.37. The molecule has 0 amide bonds. The van der Waals surface area contributed by atoms with Crippen LogP contribution >= 0.6 is 0 Å². The fourth-order valence-electron chi connectivity index (χ4n) is 3.77. The van der Waals surface area contributed by atoms with Gasteiger partial charge in [0.1, 0.15) is 11.5 Å². The zero-order valence-electron chi connectivity index (χ0n) is 17.2. The Kier molecular flexibility index (Phi) is 6.52. The molecule has 0 spiro atoms. The maximum Gasteiger partial charge on any atom is 0.122 e. The Morgan fingerprint density at radius 1 is 0.897 bits per heavy atom. The molecule has 1 aliphatic heterocycles. The van der Waals surface area contributed by atoms with Crippen molar-refractivity contribution >= 4 is 11.2 Å². The number of rotatable bonds is 9. The second-order valence-corrected chi connectivity index (χ2v) is 7.37.